The first-order valence-corrected chi connectivity index (χ1v) is 1.89. The van der Waals surface area contributed by atoms with Crippen LogP contribution in [0.5, 0.6) is 0 Å². The van der Waals surface area contributed by atoms with Gasteiger partial charge in [0.2, 0.25) is 0 Å². The maximum Gasteiger partial charge on any atom is 0.135 e. The van der Waals surface area contributed by atoms with Crippen molar-refractivity contribution < 1.29 is 0 Å². The fraction of sp³-hybridized carbons (Fsp3) is 0. The molecule has 0 amide bonds. The molecule has 1 heterocycles. The molecule has 46 valence electrons. The summed E-state index contributed by atoms with van der Waals surface area (Å²) in [5.74, 6) is 5.70. The molecule has 0 aromatic carbocycles. The number of aromatic nitrogens is 2. The molecule has 8 heavy (non-hydrogen) atoms. The minimum absolute atomic E-state index is 0. The van der Waals surface area contributed by atoms with Crippen LogP contribution >= 0.6 is 12.4 Å². The highest BCUT2D eigenvalue weighted by Crippen LogP contribution is 1.92. The number of anilines is 1. The van der Waals surface area contributed by atoms with Crippen LogP contribution < -0.4 is 11.3 Å². The Hall–Kier alpha value is -0.740. The maximum atomic E-state index is 4.97. The van der Waals surface area contributed by atoms with Crippen molar-refractivity contribution >= 4 is 18.2 Å². The molecule has 0 unspecified atom stereocenters. The molecule has 0 saturated heterocycles. The van der Waals surface area contributed by atoms with Gasteiger partial charge in [-0.1, -0.05) is 0 Å². The van der Waals surface area contributed by atoms with Gasteiger partial charge in [0, 0.05) is 6.07 Å². The Balaban J connectivity index is 0.000000490. The molecular formula is C3H7ClN4. The molecule has 1 aromatic heterocycles. The van der Waals surface area contributed by atoms with Crippen LogP contribution in [-0.2, 0) is 0 Å². The van der Waals surface area contributed by atoms with Gasteiger partial charge >= 0.3 is 0 Å². The highest BCUT2D eigenvalue weighted by atomic mass is 35.5. The first-order valence-electron chi connectivity index (χ1n) is 1.89. The van der Waals surface area contributed by atoms with Gasteiger partial charge in [-0.2, -0.15) is 5.10 Å². The maximum absolute atomic E-state index is 4.97. The van der Waals surface area contributed by atoms with E-state index >= 15 is 0 Å². The summed E-state index contributed by atoms with van der Waals surface area (Å²) in [5, 5.41) is 6.23. The molecule has 0 saturated carbocycles. The molecule has 0 fully saturated rings. The Kier molecular flexibility index (Phi) is 2.98. The van der Waals surface area contributed by atoms with Gasteiger partial charge < -0.3 is 5.43 Å². The molecule has 0 aliphatic carbocycles. The number of hydrazine groups is 1. The molecule has 0 bridgehead atoms. The van der Waals surface area contributed by atoms with Crippen molar-refractivity contribution in [1.82, 2.24) is 10.2 Å². The van der Waals surface area contributed by atoms with Crippen molar-refractivity contribution in [3.05, 3.63) is 12.3 Å². The lowest BCUT2D eigenvalue weighted by Crippen LogP contribution is -2.06. The van der Waals surface area contributed by atoms with Crippen molar-refractivity contribution in [3.63, 3.8) is 0 Å². The summed E-state index contributed by atoms with van der Waals surface area (Å²) in [4.78, 5) is 0. The van der Waals surface area contributed by atoms with E-state index in [9.17, 15) is 0 Å². The first kappa shape index (κ1) is 7.26. The summed E-state index contributed by atoms with van der Waals surface area (Å²) in [6.45, 7) is 0. The molecular weight excluding hydrogens is 128 g/mol. The third-order valence-electron chi connectivity index (χ3n) is 0.656. The zero-order valence-electron chi connectivity index (χ0n) is 4.09. The van der Waals surface area contributed by atoms with Crippen molar-refractivity contribution in [3.8, 4) is 0 Å². The smallest absolute Gasteiger partial charge is 0.135 e. The molecule has 0 atom stereocenters. The summed E-state index contributed by atoms with van der Waals surface area (Å²) in [7, 11) is 0. The average Bonchev–Trinajstić information content (AvgIpc) is 2.14. The van der Waals surface area contributed by atoms with Crippen molar-refractivity contribution in [1.29, 1.82) is 0 Å². The molecule has 1 rings (SSSR count). The fourth-order valence-electron chi connectivity index (χ4n) is 0.336. The lowest BCUT2D eigenvalue weighted by Gasteiger charge is -1.86. The number of aromatic amines is 1. The Morgan fingerprint density at radius 1 is 1.75 bits per heavy atom. The molecule has 4 N–H and O–H groups in total. The number of nitrogens with zero attached hydrogens (tertiary/aromatic N) is 1. The SMILES string of the molecule is Cl.NNc1ccn[nH]1. The molecule has 4 nitrogen and oxygen atoms in total. The number of hydrogen-bond donors (Lipinski definition) is 3. The van der Waals surface area contributed by atoms with E-state index < -0.39 is 0 Å². The first-order chi connectivity index (χ1) is 3.43. The standard InChI is InChI=1S/C3H6N4.ClH/c4-6-3-1-2-5-7-3;/h1-2H,4H2,(H2,5,6,7);1H. The van der Waals surface area contributed by atoms with Crippen LogP contribution in [0.4, 0.5) is 5.82 Å². The summed E-state index contributed by atoms with van der Waals surface area (Å²) in [6.07, 6.45) is 1.62. The van der Waals surface area contributed by atoms with Gasteiger partial charge in [0.15, 0.2) is 0 Å². The summed E-state index contributed by atoms with van der Waals surface area (Å²) < 4.78 is 0. The monoisotopic (exact) mass is 134 g/mol. The van der Waals surface area contributed by atoms with E-state index in [0.717, 1.165) is 5.82 Å². The summed E-state index contributed by atoms with van der Waals surface area (Å²) in [6, 6.07) is 1.74. The van der Waals surface area contributed by atoms with E-state index in [1.54, 1.807) is 12.3 Å². The number of hydrogen-bond acceptors (Lipinski definition) is 3. The Labute approximate surface area is 52.8 Å². The number of halogens is 1. The van der Waals surface area contributed by atoms with E-state index in [2.05, 4.69) is 15.6 Å². The third kappa shape index (κ3) is 1.40. The topological polar surface area (TPSA) is 66.7 Å². The van der Waals surface area contributed by atoms with Crippen LogP contribution in [0, 0.1) is 0 Å². The van der Waals surface area contributed by atoms with Crippen LogP contribution in [-0.4, -0.2) is 10.2 Å². The lowest BCUT2D eigenvalue weighted by molar-refractivity contribution is 1.08. The molecule has 0 radical (unpaired) electrons. The van der Waals surface area contributed by atoms with Crippen LogP contribution in [0.15, 0.2) is 12.3 Å². The van der Waals surface area contributed by atoms with Gasteiger partial charge in [0.25, 0.3) is 0 Å². The Morgan fingerprint density at radius 3 is 2.75 bits per heavy atom. The van der Waals surface area contributed by atoms with Gasteiger partial charge in [0.1, 0.15) is 5.82 Å². The lowest BCUT2D eigenvalue weighted by atomic mass is 10.7. The summed E-state index contributed by atoms with van der Waals surface area (Å²) in [5.41, 5.74) is 2.39. The molecule has 0 aliphatic rings. The van der Waals surface area contributed by atoms with E-state index in [-0.39, 0.29) is 12.4 Å². The van der Waals surface area contributed by atoms with Gasteiger partial charge in [-0.05, 0) is 0 Å². The molecule has 0 spiro atoms. The highest BCUT2D eigenvalue weighted by Gasteiger charge is 1.80. The van der Waals surface area contributed by atoms with E-state index in [4.69, 9.17) is 5.84 Å². The minimum Gasteiger partial charge on any atom is -0.309 e. The molecule has 0 aliphatic heterocycles. The number of rotatable bonds is 1. The van der Waals surface area contributed by atoms with Crippen molar-refractivity contribution in [2.45, 2.75) is 0 Å². The van der Waals surface area contributed by atoms with Crippen LogP contribution in [0.1, 0.15) is 0 Å². The summed E-state index contributed by atoms with van der Waals surface area (Å²) >= 11 is 0. The van der Waals surface area contributed by atoms with Crippen molar-refractivity contribution in [2.24, 2.45) is 5.84 Å². The Morgan fingerprint density at radius 2 is 2.50 bits per heavy atom. The van der Waals surface area contributed by atoms with Gasteiger partial charge in [-0.25, -0.2) is 5.84 Å². The van der Waals surface area contributed by atoms with Crippen LogP contribution in [0.2, 0.25) is 0 Å². The van der Waals surface area contributed by atoms with Crippen LogP contribution in [0.3, 0.4) is 0 Å². The predicted octanol–water partition coefficient (Wildman–Crippen LogP) is 0.117. The van der Waals surface area contributed by atoms with E-state index in [1.807, 2.05) is 0 Å². The van der Waals surface area contributed by atoms with Crippen molar-refractivity contribution in [2.75, 3.05) is 5.43 Å². The molecule has 1 aromatic rings. The zero-order valence-corrected chi connectivity index (χ0v) is 4.90. The normalized spacial score (nSPS) is 7.62. The predicted molar refractivity (Wildman–Crippen MR) is 33.6 cm³/mol. The quantitative estimate of drug-likeness (QED) is 0.378. The molecule has 5 heteroatoms. The second kappa shape index (κ2) is 3.29. The third-order valence-corrected chi connectivity index (χ3v) is 0.656. The average molecular weight is 135 g/mol. The van der Waals surface area contributed by atoms with E-state index in [0.29, 0.717) is 0 Å². The van der Waals surface area contributed by atoms with Gasteiger partial charge in [-0.3, -0.25) is 5.10 Å². The number of nitrogens with one attached hydrogen (secondary N) is 2. The number of nitrogens with two attached hydrogens (primary N) is 1. The van der Waals surface area contributed by atoms with Crippen LogP contribution in [0.25, 0.3) is 0 Å². The second-order valence-corrected chi connectivity index (χ2v) is 1.11. The van der Waals surface area contributed by atoms with Gasteiger partial charge in [-0.15, -0.1) is 12.4 Å². The fourth-order valence-corrected chi connectivity index (χ4v) is 0.336. The number of H-pyrrole nitrogens is 1. The van der Waals surface area contributed by atoms with E-state index in [1.165, 1.54) is 0 Å². The highest BCUT2D eigenvalue weighted by molar-refractivity contribution is 5.85. The van der Waals surface area contributed by atoms with Gasteiger partial charge in [0.05, 0.1) is 6.20 Å². The minimum atomic E-state index is 0. The number of nitrogen functional groups attached to an aromatic ring is 1. The Bertz CT molecular complexity index is 126. The zero-order chi connectivity index (χ0) is 5.11. The second-order valence-electron chi connectivity index (χ2n) is 1.11. The largest absolute Gasteiger partial charge is 0.309 e.